The van der Waals surface area contributed by atoms with Crippen LogP contribution in [-0.2, 0) is 16.6 Å². The Kier molecular flexibility index (Phi) is 5.83. The minimum atomic E-state index is -3.55. The summed E-state index contributed by atoms with van der Waals surface area (Å²) in [5.41, 5.74) is 9.60. The molecule has 0 saturated carbocycles. The summed E-state index contributed by atoms with van der Waals surface area (Å²) >= 11 is 0. The molecule has 2 aromatic heterocycles. The molecule has 0 aliphatic carbocycles. The van der Waals surface area contributed by atoms with Crippen LogP contribution in [0.1, 0.15) is 18.9 Å². The van der Waals surface area contributed by atoms with Crippen LogP contribution in [0, 0.1) is 0 Å². The van der Waals surface area contributed by atoms with Gasteiger partial charge in [0.2, 0.25) is 10.0 Å². The largest absolute Gasteiger partial charge is 0.340 e. The van der Waals surface area contributed by atoms with Crippen LogP contribution in [0.4, 0.5) is 22.9 Å². The molecule has 9 nitrogen and oxygen atoms in total. The van der Waals surface area contributed by atoms with Crippen molar-refractivity contribution < 1.29 is 8.42 Å². The number of imidazole rings is 1. The average Bonchev–Trinajstić information content (AvgIpc) is 3.25. The Labute approximate surface area is 180 Å². The highest BCUT2D eigenvalue weighted by molar-refractivity contribution is 7.92. The molecule has 0 saturated heterocycles. The first-order valence-corrected chi connectivity index (χ1v) is 11.5. The smallest absolute Gasteiger partial charge is 0.232 e. The summed E-state index contributed by atoms with van der Waals surface area (Å²) in [5.74, 6) is 0.549. The van der Waals surface area contributed by atoms with E-state index in [1.54, 1.807) is 6.33 Å². The zero-order valence-corrected chi connectivity index (χ0v) is 17.8. The summed E-state index contributed by atoms with van der Waals surface area (Å²) in [5, 5.41) is 0. The molecule has 0 aliphatic rings. The number of para-hydroxylation sites is 2. The Balaban J connectivity index is 1.98. The third-order valence-electron chi connectivity index (χ3n) is 4.75. The number of H-pyrrole nitrogens is 1. The molecule has 0 fully saturated rings. The fraction of sp³-hybridized carbons (Fsp3) is 0.190. The molecular weight excluding hydrogens is 414 g/mol. The molecule has 0 atom stereocenters. The molecule has 4 rings (SSSR count). The van der Waals surface area contributed by atoms with Crippen LogP contribution < -0.4 is 15.4 Å². The minimum Gasteiger partial charge on any atom is -0.340 e. The Hall–Kier alpha value is -3.50. The zero-order valence-electron chi connectivity index (χ0n) is 17.0. The number of hydrogen-bond donors (Lipinski definition) is 3. The van der Waals surface area contributed by atoms with Crippen LogP contribution in [0.25, 0.3) is 11.2 Å². The summed E-state index contributed by atoms with van der Waals surface area (Å²) in [6, 6.07) is 15.0. The van der Waals surface area contributed by atoms with Crippen molar-refractivity contribution in [3.8, 4) is 0 Å². The molecule has 0 radical (unpaired) electrons. The second kappa shape index (κ2) is 8.70. The number of hydrogen-bond acceptors (Lipinski definition) is 7. The Morgan fingerprint density at radius 2 is 1.87 bits per heavy atom. The molecule has 0 aliphatic heterocycles. The predicted octanol–water partition coefficient (Wildman–Crippen LogP) is 3.43. The number of fused-ring (bicyclic) bond motifs is 1. The van der Waals surface area contributed by atoms with Crippen molar-refractivity contribution in [1.29, 1.82) is 0 Å². The van der Waals surface area contributed by atoms with Gasteiger partial charge in [0.25, 0.3) is 0 Å². The van der Waals surface area contributed by atoms with Crippen molar-refractivity contribution in [1.82, 2.24) is 19.9 Å². The van der Waals surface area contributed by atoms with E-state index in [1.165, 1.54) is 6.33 Å². The number of nitrogens with two attached hydrogens (primary N) is 1. The van der Waals surface area contributed by atoms with Crippen molar-refractivity contribution in [2.75, 3.05) is 15.4 Å². The summed E-state index contributed by atoms with van der Waals surface area (Å²) in [4.78, 5) is 17.9. The Bertz CT molecular complexity index is 1290. The van der Waals surface area contributed by atoms with Gasteiger partial charge >= 0.3 is 0 Å². The molecule has 0 amide bonds. The van der Waals surface area contributed by atoms with E-state index in [0.717, 1.165) is 5.69 Å². The highest BCUT2D eigenvalue weighted by atomic mass is 32.2. The van der Waals surface area contributed by atoms with Crippen LogP contribution in [0.2, 0.25) is 0 Å². The maximum atomic E-state index is 12.7. The predicted molar refractivity (Wildman–Crippen MR) is 122 cm³/mol. The van der Waals surface area contributed by atoms with E-state index in [-0.39, 0.29) is 12.3 Å². The Morgan fingerprint density at radius 1 is 1.06 bits per heavy atom. The standard InChI is InChI=1S/C21H23N7O2S/c1-2-11-31(29,30)27-18-15(12-22)7-6-10-17(18)28(16-8-4-3-5-9-16)21-19-20(24-13-23-19)25-14-26-21/h3-10,13-14,27H,2,11-12,22H2,1H3,(H,23,24,25,26). The van der Waals surface area contributed by atoms with Gasteiger partial charge in [0.1, 0.15) is 11.8 Å². The molecule has 10 heteroatoms. The maximum absolute atomic E-state index is 12.7. The van der Waals surface area contributed by atoms with Crippen molar-refractivity contribution in [2.45, 2.75) is 19.9 Å². The molecule has 160 valence electrons. The molecule has 31 heavy (non-hydrogen) atoms. The highest BCUT2D eigenvalue weighted by Crippen LogP contribution is 2.41. The van der Waals surface area contributed by atoms with Crippen molar-refractivity contribution in [3.05, 3.63) is 66.7 Å². The molecule has 0 bridgehead atoms. The van der Waals surface area contributed by atoms with Crippen molar-refractivity contribution >= 4 is 44.1 Å². The fourth-order valence-corrected chi connectivity index (χ4v) is 4.60. The van der Waals surface area contributed by atoms with E-state index >= 15 is 0 Å². The van der Waals surface area contributed by atoms with Crippen LogP contribution >= 0.6 is 0 Å². The number of aromatic nitrogens is 4. The van der Waals surface area contributed by atoms with E-state index in [0.29, 0.717) is 40.3 Å². The third kappa shape index (κ3) is 4.21. The number of benzene rings is 2. The van der Waals surface area contributed by atoms with Gasteiger partial charge in [0.05, 0.1) is 23.5 Å². The molecule has 4 N–H and O–H groups in total. The highest BCUT2D eigenvalue weighted by Gasteiger charge is 2.24. The number of rotatable bonds is 8. The number of nitrogens with zero attached hydrogens (tertiary/aromatic N) is 4. The number of nitrogens with one attached hydrogen (secondary N) is 2. The molecule has 4 aromatic rings. The SMILES string of the molecule is CCCS(=O)(=O)Nc1c(CN)cccc1N(c1ccccc1)c1ncnc2nc[nH]c12. The lowest BCUT2D eigenvalue weighted by Crippen LogP contribution is -2.21. The van der Waals surface area contributed by atoms with Gasteiger partial charge in [-0.15, -0.1) is 0 Å². The molecule has 0 unspecified atom stereocenters. The monoisotopic (exact) mass is 437 g/mol. The number of sulfonamides is 1. The minimum absolute atomic E-state index is 0.00891. The molecule has 2 aromatic carbocycles. The molecular formula is C21H23N7O2S. The normalized spacial score (nSPS) is 11.5. The lowest BCUT2D eigenvalue weighted by Gasteiger charge is -2.28. The van der Waals surface area contributed by atoms with E-state index in [1.807, 2.05) is 60.4 Å². The van der Waals surface area contributed by atoms with Gasteiger partial charge in [-0.3, -0.25) is 9.62 Å². The number of aromatic amines is 1. The first kappa shape index (κ1) is 20.8. The van der Waals surface area contributed by atoms with Crippen LogP contribution in [0.5, 0.6) is 0 Å². The Morgan fingerprint density at radius 3 is 2.61 bits per heavy atom. The van der Waals surface area contributed by atoms with E-state index in [4.69, 9.17) is 5.73 Å². The van der Waals surface area contributed by atoms with Crippen LogP contribution in [0.15, 0.2) is 61.2 Å². The average molecular weight is 438 g/mol. The van der Waals surface area contributed by atoms with E-state index < -0.39 is 10.0 Å². The zero-order chi connectivity index (χ0) is 21.8. The lowest BCUT2D eigenvalue weighted by molar-refractivity contribution is 0.600. The first-order chi connectivity index (χ1) is 15.0. The first-order valence-electron chi connectivity index (χ1n) is 9.85. The lowest BCUT2D eigenvalue weighted by atomic mass is 10.1. The summed E-state index contributed by atoms with van der Waals surface area (Å²) in [7, 11) is -3.55. The maximum Gasteiger partial charge on any atom is 0.232 e. The third-order valence-corrected chi connectivity index (χ3v) is 6.21. The number of anilines is 4. The van der Waals surface area contributed by atoms with Gasteiger partial charge in [-0.1, -0.05) is 37.3 Å². The van der Waals surface area contributed by atoms with Gasteiger partial charge in [-0.05, 0) is 30.2 Å². The van der Waals surface area contributed by atoms with Crippen molar-refractivity contribution in [3.63, 3.8) is 0 Å². The summed E-state index contributed by atoms with van der Waals surface area (Å²) < 4.78 is 28.1. The van der Waals surface area contributed by atoms with E-state index in [2.05, 4.69) is 24.7 Å². The fourth-order valence-electron chi connectivity index (χ4n) is 3.41. The van der Waals surface area contributed by atoms with Gasteiger partial charge < -0.3 is 10.7 Å². The second-order valence-corrected chi connectivity index (χ2v) is 8.75. The van der Waals surface area contributed by atoms with Gasteiger partial charge in [0.15, 0.2) is 11.5 Å². The summed E-state index contributed by atoms with van der Waals surface area (Å²) in [6.07, 6.45) is 3.48. The van der Waals surface area contributed by atoms with Gasteiger partial charge in [-0.2, -0.15) is 0 Å². The van der Waals surface area contributed by atoms with Gasteiger partial charge in [0, 0.05) is 12.2 Å². The quantitative estimate of drug-likeness (QED) is 0.385. The van der Waals surface area contributed by atoms with Crippen LogP contribution in [0.3, 0.4) is 0 Å². The molecule has 0 spiro atoms. The summed E-state index contributed by atoms with van der Waals surface area (Å²) in [6.45, 7) is 1.99. The second-order valence-electron chi connectivity index (χ2n) is 6.91. The topological polar surface area (TPSA) is 130 Å². The van der Waals surface area contributed by atoms with E-state index in [9.17, 15) is 8.42 Å². The van der Waals surface area contributed by atoms with Gasteiger partial charge in [-0.25, -0.2) is 23.4 Å². The molecule has 2 heterocycles. The van der Waals surface area contributed by atoms with Crippen molar-refractivity contribution in [2.24, 2.45) is 5.73 Å². The van der Waals surface area contributed by atoms with Crippen LogP contribution in [-0.4, -0.2) is 34.1 Å².